The van der Waals surface area contributed by atoms with Gasteiger partial charge in [0.2, 0.25) is 0 Å². The number of hydrogen-bond donors (Lipinski definition) is 2. The maximum Gasteiger partial charge on any atom is 0.134 e. The molecule has 2 atom stereocenters. The molecule has 4 rings (SSSR count). The molecule has 4 heteroatoms. The fourth-order valence-electron chi connectivity index (χ4n) is 4.66. The summed E-state index contributed by atoms with van der Waals surface area (Å²) in [7, 11) is 0. The Morgan fingerprint density at radius 1 is 1.26 bits per heavy atom. The van der Waals surface area contributed by atoms with Crippen molar-refractivity contribution in [3.8, 4) is 5.75 Å². The summed E-state index contributed by atoms with van der Waals surface area (Å²) in [5.74, 6) is 1.24. The molecule has 1 saturated heterocycles. The molecule has 4 nitrogen and oxygen atoms in total. The fraction of sp³-hybridized carbons (Fsp3) is 0.632. The molecular formula is C19H25NO3. The SMILES string of the molecule is O=C1CCC2(O)CN(CC3CC3)CCC2(c2cccc(O)c2)C1. The van der Waals surface area contributed by atoms with Crippen molar-refractivity contribution in [1.82, 2.24) is 4.90 Å². The summed E-state index contributed by atoms with van der Waals surface area (Å²) in [5, 5.41) is 21.4. The average Bonchev–Trinajstić information content (AvgIpc) is 3.32. The van der Waals surface area contributed by atoms with Crippen LogP contribution in [0.5, 0.6) is 5.75 Å². The fourth-order valence-corrected chi connectivity index (χ4v) is 4.66. The van der Waals surface area contributed by atoms with Crippen LogP contribution in [-0.2, 0) is 10.2 Å². The number of ketones is 1. The van der Waals surface area contributed by atoms with Crippen LogP contribution in [0.15, 0.2) is 24.3 Å². The molecule has 0 spiro atoms. The Morgan fingerprint density at radius 3 is 2.83 bits per heavy atom. The Kier molecular flexibility index (Phi) is 3.50. The van der Waals surface area contributed by atoms with Gasteiger partial charge in [-0.2, -0.15) is 0 Å². The van der Waals surface area contributed by atoms with E-state index in [0.717, 1.165) is 31.0 Å². The van der Waals surface area contributed by atoms with Gasteiger partial charge in [-0.3, -0.25) is 4.79 Å². The molecule has 124 valence electrons. The van der Waals surface area contributed by atoms with E-state index in [1.165, 1.54) is 12.8 Å². The third-order valence-electron chi connectivity index (χ3n) is 6.16. The third kappa shape index (κ3) is 2.58. The van der Waals surface area contributed by atoms with Crippen molar-refractivity contribution in [2.75, 3.05) is 19.6 Å². The zero-order valence-electron chi connectivity index (χ0n) is 13.5. The lowest BCUT2D eigenvalue weighted by Gasteiger charge is -2.56. The number of likely N-dealkylation sites (tertiary alicyclic amines) is 1. The maximum atomic E-state index is 12.2. The van der Waals surface area contributed by atoms with Gasteiger partial charge in [0.15, 0.2) is 0 Å². The Morgan fingerprint density at radius 2 is 2.09 bits per heavy atom. The molecule has 23 heavy (non-hydrogen) atoms. The first kappa shape index (κ1) is 15.2. The van der Waals surface area contributed by atoms with Crippen LogP contribution < -0.4 is 0 Å². The van der Waals surface area contributed by atoms with E-state index in [9.17, 15) is 15.0 Å². The number of hydrogen-bond acceptors (Lipinski definition) is 4. The van der Waals surface area contributed by atoms with Gasteiger partial charge in [-0.05, 0) is 55.8 Å². The molecule has 1 aromatic rings. The highest BCUT2D eigenvalue weighted by Gasteiger charge is 2.57. The molecular weight excluding hydrogens is 290 g/mol. The zero-order valence-corrected chi connectivity index (χ0v) is 13.5. The molecule has 1 aliphatic heterocycles. The van der Waals surface area contributed by atoms with Crippen molar-refractivity contribution < 1.29 is 15.0 Å². The minimum Gasteiger partial charge on any atom is -0.508 e. The number of β-amino-alcohol motifs (C(OH)–C–C–N with tert-alkyl or cyclic N) is 1. The van der Waals surface area contributed by atoms with E-state index < -0.39 is 11.0 Å². The Hall–Kier alpha value is -1.39. The van der Waals surface area contributed by atoms with Crippen LogP contribution in [0, 0.1) is 5.92 Å². The number of rotatable bonds is 3. The number of Topliss-reactive ketones (excluding diaryl/α,β-unsaturated/α-hetero) is 1. The van der Waals surface area contributed by atoms with Gasteiger partial charge in [0, 0.05) is 31.3 Å². The summed E-state index contributed by atoms with van der Waals surface area (Å²) in [6.45, 7) is 2.64. The van der Waals surface area contributed by atoms with E-state index in [0.29, 0.717) is 25.8 Å². The number of aliphatic hydroxyl groups is 1. The van der Waals surface area contributed by atoms with Crippen LogP contribution in [0.4, 0.5) is 0 Å². The van der Waals surface area contributed by atoms with E-state index in [2.05, 4.69) is 4.90 Å². The van der Waals surface area contributed by atoms with Crippen LogP contribution in [0.3, 0.4) is 0 Å². The monoisotopic (exact) mass is 315 g/mol. The van der Waals surface area contributed by atoms with Crippen LogP contribution in [0.1, 0.15) is 44.1 Å². The van der Waals surface area contributed by atoms with Crippen molar-refractivity contribution >= 4 is 5.78 Å². The Labute approximate surface area is 137 Å². The molecule has 2 saturated carbocycles. The normalized spacial score (nSPS) is 35.1. The molecule has 1 aromatic carbocycles. The molecule has 1 heterocycles. The first-order valence-corrected chi connectivity index (χ1v) is 8.77. The van der Waals surface area contributed by atoms with Crippen LogP contribution in [0.25, 0.3) is 0 Å². The van der Waals surface area contributed by atoms with Crippen molar-refractivity contribution in [1.29, 1.82) is 0 Å². The molecule has 2 unspecified atom stereocenters. The minimum absolute atomic E-state index is 0.206. The molecule has 0 aromatic heterocycles. The highest BCUT2D eigenvalue weighted by Crippen LogP contribution is 2.51. The second-order valence-corrected chi connectivity index (χ2v) is 7.81. The summed E-state index contributed by atoms with van der Waals surface area (Å²) in [6, 6.07) is 7.15. The van der Waals surface area contributed by atoms with Gasteiger partial charge < -0.3 is 15.1 Å². The Balaban J connectivity index is 1.69. The van der Waals surface area contributed by atoms with Crippen LogP contribution in [-0.4, -0.2) is 46.1 Å². The van der Waals surface area contributed by atoms with Crippen LogP contribution >= 0.6 is 0 Å². The minimum atomic E-state index is -0.873. The topological polar surface area (TPSA) is 60.8 Å². The highest BCUT2D eigenvalue weighted by molar-refractivity contribution is 5.82. The number of fused-ring (bicyclic) bond motifs is 1. The number of phenolic OH excluding ortho intramolecular Hbond substituents is 1. The first-order chi connectivity index (χ1) is 11.0. The largest absolute Gasteiger partial charge is 0.508 e. The van der Waals surface area contributed by atoms with Gasteiger partial charge in [0.25, 0.3) is 0 Å². The van der Waals surface area contributed by atoms with Gasteiger partial charge in [-0.15, -0.1) is 0 Å². The van der Waals surface area contributed by atoms with Crippen molar-refractivity contribution in [3.05, 3.63) is 29.8 Å². The van der Waals surface area contributed by atoms with Gasteiger partial charge >= 0.3 is 0 Å². The zero-order chi connectivity index (χ0) is 16.1. The van der Waals surface area contributed by atoms with Gasteiger partial charge in [-0.1, -0.05) is 12.1 Å². The molecule has 3 fully saturated rings. The lowest BCUT2D eigenvalue weighted by atomic mass is 9.56. The number of carbonyl (C=O) groups is 1. The summed E-state index contributed by atoms with van der Waals surface area (Å²) < 4.78 is 0. The predicted octanol–water partition coefficient (Wildman–Crippen LogP) is 2.23. The average molecular weight is 315 g/mol. The standard InChI is InChI=1S/C19H25NO3/c21-16-3-1-2-15(10-16)18-8-9-20(12-14-4-5-14)13-19(18,23)7-6-17(22)11-18/h1-3,10,14,21,23H,4-9,11-13H2. The quantitative estimate of drug-likeness (QED) is 0.898. The molecule has 2 aliphatic carbocycles. The van der Waals surface area contributed by atoms with E-state index in [1.807, 2.05) is 12.1 Å². The summed E-state index contributed by atoms with van der Waals surface area (Å²) in [6.07, 6.45) is 4.79. The van der Waals surface area contributed by atoms with Gasteiger partial charge in [-0.25, -0.2) is 0 Å². The van der Waals surface area contributed by atoms with Crippen molar-refractivity contribution in [2.24, 2.45) is 5.92 Å². The third-order valence-corrected chi connectivity index (χ3v) is 6.16. The lowest BCUT2D eigenvalue weighted by Crippen LogP contribution is -2.65. The number of nitrogens with zero attached hydrogens (tertiary/aromatic N) is 1. The van der Waals surface area contributed by atoms with Gasteiger partial charge in [0.1, 0.15) is 11.5 Å². The van der Waals surface area contributed by atoms with Crippen LogP contribution in [0.2, 0.25) is 0 Å². The first-order valence-electron chi connectivity index (χ1n) is 8.77. The van der Waals surface area contributed by atoms with E-state index in [1.54, 1.807) is 12.1 Å². The van der Waals surface area contributed by atoms with E-state index in [4.69, 9.17) is 0 Å². The molecule has 2 N–H and O–H groups in total. The molecule has 0 radical (unpaired) electrons. The number of carbonyl (C=O) groups excluding carboxylic acids is 1. The maximum absolute atomic E-state index is 12.2. The van der Waals surface area contributed by atoms with Crippen molar-refractivity contribution in [3.63, 3.8) is 0 Å². The second kappa shape index (κ2) is 5.32. The van der Waals surface area contributed by atoms with Gasteiger partial charge in [0.05, 0.1) is 5.60 Å². The molecule has 0 bridgehead atoms. The van der Waals surface area contributed by atoms with E-state index in [-0.39, 0.29) is 11.5 Å². The molecule has 0 amide bonds. The highest BCUT2D eigenvalue weighted by atomic mass is 16.3. The summed E-state index contributed by atoms with van der Waals surface area (Å²) >= 11 is 0. The number of benzene rings is 1. The van der Waals surface area contributed by atoms with E-state index >= 15 is 0 Å². The lowest BCUT2D eigenvalue weighted by molar-refractivity contribution is -0.147. The predicted molar refractivity (Wildman–Crippen MR) is 87.4 cm³/mol. The molecule has 3 aliphatic rings. The smallest absolute Gasteiger partial charge is 0.134 e. The number of phenols is 1. The van der Waals surface area contributed by atoms with Crippen molar-refractivity contribution in [2.45, 2.75) is 49.5 Å². The summed E-state index contributed by atoms with van der Waals surface area (Å²) in [5.41, 5.74) is -0.498. The number of piperidine rings is 1. The second-order valence-electron chi connectivity index (χ2n) is 7.81. The summed E-state index contributed by atoms with van der Waals surface area (Å²) in [4.78, 5) is 14.6. The number of aromatic hydroxyl groups is 1. The Bertz CT molecular complexity index is 627.